The van der Waals surface area contributed by atoms with Crippen molar-refractivity contribution in [3.05, 3.63) is 65.4 Å². The predicted molar refractivity (Wildman–Crippen MR) is 85.2 cm³/mol. The summed E-state index contributed by atoms with van der Waals surface area (Å²) >= 11 is 0. The quantitative estimate of drug-likeness (QED) is 0.805. The number of fused-ring (bicyclic) bond motifs is 3. The highest BCUT2D eigenvalue weighted by Crippen LogP contribution is 2.28. The first-order valence-corrected chi connectivity index (χ1v) is 7.73. The van der Waals surface area contributed by atoms with E-state index in [1.807, 2.05) is 0 Å². The van der Waals surface area contributed by atoms with Gasteiger partial charge in [-0.3, -0.25) is 4.98 Å². The zero-order valence-electron chi connectivity index (χ0n) is 12.3. The topological polar surface area (TPSA) is 29.9 Å². The molecule has 1 N–H and O–H groups in total. The molecule has 0 atom stereocenters. The van der Waals surface area contributed by atoms with E-state index in [2.05, 4.69) is 39.1 Å². The number of benzene rings is 1. The molecular formula is C18H18FN3. The molecule has 3 heterocycles. The molecule has 0 fully saturated rings. The van der Waals surface area contributed by atoms with E-state index in [9.17, 15) is 4.39 Å². The summed E-state index contributed by atoms with van der Waals surface area (Å²) < 4.78 is 15.4. The first-order chi connectivity index (χ1) is 10.8. The third-order valence-corrected chi connectivity index (χ3v) is 4.41. The van der Waals surface area contributed by atoms with Gasteiger partial charge in [0.15, 0.2) is 0 Å². The molecule has 0 spiro atoms. The molecular weight excluding hydrogens is 277 g/mol. The standard InChI is InChI=1S/C18H18FN3/c19-13-5-6-14(21-11-13)8-10-22-17-4-2-1-3-15(17)16-12-20-9-7-18(16)22/h1-6,11,20H,7-10,12H2. The van der Waals surface area contributed by atoms with E-state index in [0.29, 0.717) is 0 Å². The SMILES string of the molecule is Fc1ccc(CCn2c3c(c4ccccc42)CNCC3)nc1. The smallest absolute Gasteiger partial charge is 0.141 e. The van der Waals surface area contributed by atoms with Crippen molar-refractivity contribution in [2.24, 2.45) is 0 Å². The summed E-state index contributed by atoms with van der Waals surface area (Å²) in [5.74, 6) is -0.279. The van der Waals surface area contributed by atoms with Gasteiger partial charge in [0.1, 0.15) is 5.82 Å². The van der Waals surface area contributed by atoms with Crippen molar-refractivity contribution in [1.82, 2.24) is 14.9 Å². The lowest BCUT2D eigenvalue weighted by Gasteiger charge is -2.17. The predicted octanol–water partition coefficient (Wildman–Crippen LogP) is 3.06. The van der Waals surface area contributed by atoms with Crippen LogP contribution in [0.3, 0.4) is 0 Å². The van der Waals surface area contributed by atoms with Crippen LogP contribution in [-0.4, -0.2) is 16.1 Å². The van der Waals surface area contributed by atoms with Crippen LogP contribution in [0.4, 0.5) is 4.39 Å². The van der Waals surface area contributed by atoms with Gasteiger partial charge in [0.2, 0.25) is 0 Å². The first-order valence-electron chi connectivity index (χ1n) is 7.73. The Balaban J connectivity index is 1.70. The van der Waals surface area contributed by atoms with Crippen molar-refractivity contribution in [2.75, 3.05) is 6.54 Å². The van der Waals surface area contributed by atoms with E-state index in [-0.39, 0.29) is 5.82 Å². The number of hydrogen-bond donors (Lipinski definition) is 1. The monoisotopic (exact) mass is 295 g/mol. The fourth-order valence-electron chi connectivity index (χ4n) is 3.37. The normalized spacial score (nSPS) is 14.2. The number of aromatic nitrogens is 2. The third kappa shape index (κ3) is 2.29. The van der Waals surface area contributed by atoms with Gasteiger partial charge < -0.3 is 9.88 Å². The minimum Gasteiger partial charge on any atom is -0.344 e. The molecule has 112 valence electrons. The zero-order chi connectivity index (χ0) is 14.9. The van der Waals surface area contributed by atoms with Crippen molar-refractivity contribution >= 4 is 10.9 Å². The number of nitrogens with one attached hydrogen (secondary N) is 1. The van der Waals surface area contributed by atoms with Crippen molar-refractivity contribution in [2.45, 2.75) is 25.9 Å². The number of halogens is 1. The van der Waals surface area contributed by atoms with Crippen molar-refractivity contribution in [3.8, 4) is 0 Å². The molecule has 0 saturated carbocycles. The average Bonchev–Trinajstić information content (AvgIpc) is 2.89. The van der Waals surface area contributed by atoms with E-state index < -0.39 is 0 Å². The van der Waals surface area contributed by atoms with Crippen LogP contribution in [0.15, 0.2) is 42.6 Å². The van der Waals surface area contributed by atoms with Crippen LogP contribution in [0.1, 0.15) is 17.0 Å². The van der Waals surface area contributed by atoms with Gasteiger partial charge in [-0.15, -0.1) is 0 Å². The molecule has 0 unspecified atom stereocenters. The fraction of sp³-hybridized carbons (Fsp3) is 0.278. The van der Waals surface area contributed by atoms with Crippen molar-refractivity contribution < 1.29 is 4.39 Å². The molecule has 1 aromatic carbocycles. The van der Waals surface area contributed by atoms with Crippen LogP contribution < -0.4 is 5.32 Å². The number of rotatable bonds is 3. The Labute approximate surface area is 128 Å². The molecule has 3 nitrogen and oxygen atoms in total. The van der Waals surface area contributed by atoms with Crippen LogP contribution in [0.5, 0.6) is 0 Å². The van der Waals surface area contributed by atoms with E-state index in [1.165, 1.54) is 34.4 Å². The lowest BCUT2D eigenvalue weighted by Crippen LogP contribution is -2.24. The summed E-state index contributed by atoms with van der Waals surface area (Å²) in [5.41, 5.74) is 5.08. The van der Waals surface area contributed by atoms with Gasteiger partial charge in [-0.25, -0.2) is 4.39 Å². The molecule has 0 saturated heterocycles. The second-order valence-electron chi connectivity index (χ2n) is 5.74. The van der Waals surface area contributed by atoms with Gasteiger partial charge in [-0.1, -0.05) is 18.2 Å². The molecule has 0 amide bonds. The van der Waals surface area contributed by atoms with E-state index in [4.69, 9.17) is 0 Å². The minimum absolute atomic E-state index is 0.279. The van der Waals surface area contributed by atoms with Gasteiger partial charge in [0.25, 0.3) is 0 Å². The zero-order valence-corrected chi connectivity index (χ0v) is 12.3. The van der Waals surface area contributed by atoms with Gasteiger partial charge >= 0.3 is 0 Å². The summed E-state index contributed by atoms with van der Waals surface area (Å²) in [6, 6.07) is 11.8. The molecule has 0 bridgehead atoms. The first kappa shape index (κ1) is 13.5. The lowest BCUT2D eigenvalue weighted by atomic mass is 10.1. The van der Waals surface area contributed by atoms with Gasteiger partial charge in [-0.05, 0) is 23.8 Å². The molecule has 4 heteroatoms. The van der Waals surface area contributed by atoms with Crippen molar-refractivity contribution in [3.63, 3.8) is 0 Å². The average molecular weight is 295 g/mol. The molecule has 2 aromatic heterocycles. The molecule has 0 radical (unpaired) electrons. The highest BCUT2D eigenvalue weighted by atomic mass is 19.1. The second-order valence-corrected chi connectivity index (χ2v) is 5.74. The van der Waals surface area contributed by atoms with E-state index >= 15 is 0 Å². The number of para-hydroxylation sites is 1. The number of hydrogen-bond acceptors (Lipinski definition) is 2. The van der Waals surface area contributed by atoms with Crippen LogP contribution in [-0.2, 0) is 25.9 Å². The Kier molecular flexibility index (Phi) is 3.39. The van der Waals surface area contributed by atoms with Gasteiger partial charge in [0.05, 0.1) is 6.20 Å². The van der Waals surface area contributed by atoms with Crippen LogP contribution in [0, 0.1) is 5.82 Å². The molecule has 0 aliphatic carbocycles. The molecule has 1 aliphatic rings. The Morgan fingerprint density at radius 3 is 2.95 bits per heavy atom. The third-order valence-electron chi connectivity index (χ3n) is 4.41. The molecule has 1 aliphatic heterocycles. The Morgan fingerprint density at radius 2 is 2.09 bits per heavy atom. The lowest BCUT2D eigenvalue weighted by molar-refractivity contribution is 0.589. The Bertz CT molecular complexity index is 805. The van der Waals surface area contributed by atoms with E-state index in [0.717, 1.165) is 38.2 Å². The molecule has 22 heavy (non-hydrogen) atoms. The second kappa shape index (κ2) is 5.54. The maximum Gasteiger partial charge on any atom is 0.141 e. The molecule has 3 aromatic rings. The number of aryl methyl sites for hydroxylation is 2. The van der Waals surface area contributed by atoms with Crippen LogP contribution in [0.25, 0.3) is 10.9 Å². The van der Waals surface area contributed by atoms with Crippen LogP contribution in [0.2, 0.25) is 0 Å². The van der Waals surface area contributed by atoms with Crippen LogP contribution >= 0.6 is 0 Å². The summed E-state index contributed by atoms with van der Waals surface area (Å²) in [5, 5.41) is 4.80. The highest BCUT2D eigenvalue weighted by molar-refractivity contribution is 5.85. The Hall–Kier alpha value is -2.20. The summed E-state index contributed by atoms with van der Waals surface area (Å²) in [6.45, 7) is 2.85. The minimum atomic E-state index is -0.279. The maximum atomic E-state index is 13.0. The van der Waals surface area contributed by atoms with E-state index in [1.54, 1.807) is 6.07 Å². The van der Waals surface area contributed by atoms with Gasteiger partial charge in [0, 0.05) is 54.8 Å². The number of pyridine rings is 1. The largest absolute Gasteiger partial charge is 0.344 e. The highest BCUT2D eigenvalue weighted by Gasteiger charge is 2.19. The van der Waals surface area contributed by atoms with Crippen molar-refractivity contribution in [1.29, 1.82) is 0 Å². The Morgan fingerprint density at radius 1 is 1.18 bits per heavy atom. The summed E-state index contributed by atoms with van der Waals surface area (Å²) in [7, 11) is 0. The molecule has 4 rings (SSSR count). The summed E-state index contributed by atoms with van der Waals surface area (Å²) in [6.07, 6.45) is 3.17. The maximum absolute atomic E-state index is 13.0. The van der Waals surface area contributed by atoms with Gasteiger partial charge in [-0.2, -0.15) is 0 Å². The summed E-state index contributed by atoms with van der Waals surface area (Å²) in [4.78, 5) is 4.17. The number of nitrogens with zero attached hydrogens (tertiary/aromatic N) is 2. The fourth-order valence-corrected chi connectivity index (χ4v) is 3.37.